The van der Waals surface area contributed by atoms with Crippen LogP contribution in [0, 0.1) is 0 Å². The predicted octanol–water partition coefficient (Wildman–Crippen LogP) is -0.253. The fourth-order valence-corrected chi connectivity index (χ4v) is 1.36. The average Bonchev–Trinajstić information content (AvgIpc) is 2.83. The Hall–Kier alpha value is -1.69. The Morgan fingerprint density at radius 1 is 1.40 bits per heavy atom. The first-order valence-electron chi connectivity index (χ1n) is 4.75. The first-order chi connectivity index (χ1) is 7.28. The summed E-state index contributed by atoms with van der Waals surface area (Å²) in [7, 11) is 1.89. The van der Waals surface area contributed by atoms with Gasteiger partial charge in [0.15, 0.2) is 0 Å². The highest BCUT2D eigenvalue weighted by Crippen LogP contribution is 2.00. The van der Waals surface area contributed by atoms with Crippen LogP contribution in [0.15, 0.2) is 18.6 Å². The molecule has 0 bridgehead atoms. The Balaban J connectivity index is 1.93. The van der Waals surface area contributed by atoms with Gasteiger partial charge in [-0.2, -0.15) is 5.10 Å². The van der Waals surface area contributed by atoms with Crippen LogP contribution in [-0.4, -0.2) is 29.9 Å². The summed E-state index contributed by atoms with van der Waals surface area (Å²) in [5, 5.41) is 20.6. The molecule has 0 atom stereocenters. The van der Waals surface area contributed by atoms with Gasteiger partial charge < -0.3 is 5.11 Å². The third-order valence-electron chi connectivity index (χ3n) is 2.14. The Bertz CT molecular complexity index is 433. The van der Waals surface area contributed by atoms with Gasteiger partial charge in [-0.15, -0.1) is 5.10 Å². The molecule has 0 aliphatic rings. The van der Waals surface area contributed by atoms with Crippen LogP contribution in [0.3, 0.4) is 0 Å². The van der Waals surface area contributed by atoms with Crippen molar-refractivity contribution < 1.29 is 5.11 Å². The molecule has 0 saturated heterocycles. The lowest BCUT2D eigenvalue weighted by Gasteiger charge is -1.96. The zero-order valence-electron chi connectivity index (χ0n) is 8.54. The molecule has 0 saturated carbocycles. The molecule has 2 heterocycles. The summed E-state index contributed by atoms with van der Waals surface area (Å²) in [5.41, 5.74) is 1.76. The molecular weight excluding hydrogens is 194 g/mol. The smallest absolute Gasteiger partial charge is 0.108 e. The number of aliphatic hydroxyl groups is 1. The van der Waals surface area contributed by atoms with Crippen molar-refractivity contribution in [2.45, 2.75) is 19.6 Å². The second kappa shape index (κ2) is 4.22. The molecule has 0 spiro atoms. The van der Waals surface area contributed by atoms with E-state index in [1.165, 1.54) is 5.56 Å². The fraction of sp³-hybridized carbons (Fsp3) is 0.444. The molecule has 0 aliphatic heterocycles. The molecule has 0 aromatic carbocycles. The van der Waals surface area contributed by atoms with Crippen molar-refractivity contribution in [2.24, 2.45) is 7.05 Å². The van der Waals surface area contributed by atoms with Crippen LogP contribution in [-0.2, 0) is 26.6 Å². The summed E-state index contributed by atoms with van der Waals surface area (Å²) in [6, 6.07) is 0. The molecule has 0 aliphatic carbocycles. The van der Waals surface area contributed by atoms with Gasteiger partial charge in [0, 0.05) is 19.8 Å². The van der Waals surface area contributed by atoms with Crippen LogP contribution < -0.4 is 0 Å². The summed E-state index contributed by atoms with van der Waals surface area (Å²) < 4.78 is 3.49. The third kappa shape index (κ3) is 2.41. The molecule has 2 rings (SSSR count). The molecule has 2 aromatic rings. The Labute approximate surface area is 87.1 Å². The Morgan fingerprint density at radius 2 is 2.27 bits per heavy atom. The Kier molecular flexibility index (Phi) is 2.77. The summed E-state index contributed by atoms with van der Waals surface area (Å²) in [4.78, 5) is 0. The molecule has 0 amide bonds. The maximum absolute atomic E-state index is 8.81. The molecule has 2 aromatic heterocycles. The number of nitrogens with zero attached hydrogens (tertiary/aromatic N) is 5. The summed E-state index contributed by atoms with van der Waals surface area (Å²) in [5.74, 6) is 0. The van der Waals surface area contributed by atoms with E-state index in [1.807, 2.05) is 19.4 Å². The van der Waals surface area contributed by atoms with Crippen LogP contribution in [0.25, 0.3) is 0 Å². The molecule has 0 radical (unpaired) electrons. The lowest BCUT2D eigenvalue weighted by atomic mass is 10.2. The van der Waals surface area contributed by atoms with Crippen LogP contribution in [0.1, 0.15) is 11.3 Å². The first kappa shape index (κ1) is 9.85. The highest BCUT2D eigenvalue weighted by Gasteiger charge is 2.00. The maximum Gasteiger partial charge on any atom is 0.108 e. The van der Waals surface area contributed by atoms with Gasteiger partial charge in [0.1, 0.15) is 5.69 Å². The van der Waals surface area contributed by atoms with Gasteiger partial charge in [0.05, 0.1) is 19.0 Å². The number of hydrogen-bond donors (Lipinski definition) is 1. The van der Waals surface area contributed by atoms with Gasteiger partial charge >= 0.3 is 0 Å². The summed E-state index contributed by atoms with van der Waals surface area (Å²) >= 11 is 0. The second-order valence-corrected chi connectivity index (χ2v) is 3.40. The highest BCUT2D eigenvalue weighted by atomic mass is 16.3. The van der Waals surface area contributed by atoms with Crippen molar-refractivity contribution in [3.8, 4) is 0 Å². The van der Waals surface area contributed by atoms with Crippen molar-refractivity contribution in [2.75, 3.05) is 0 Å². The van der Waals surface area contributed by atoms with Gasteiger partial charge in [-0.25, -0.2) is 0 Å². The van der Waals surface area contributed by atoms with Gasteiger partial charge in [-0.3, -0.25) is 9.36 Å². The van der Waals surface area contributed by atoms with E-state index in [0.29, 0.717) is 5.69 Å². The minimum absolute atomic E-state index is 0.0626. The van der Waals surface area contributed by atoms with Gasteiger partial charge in [-0.1, -0.05) is 5.21 Å². The predicted molar refractivity (Wildman–Crippen MR) is 52.9 cm³/mol. The molecule has 0 unspecified atom stereocenters. The topological polar surface area (TPSA) is 68.8 Å². The molecule has 0 fully saturated rings. The third-order valence-corrected chi connectivity index (χ3v) is 2.14. The number of aromatic nitrogens is 5. The van der Waals surface area contributed by atoms with Crippen molar-refractivity contribution in [3.05, 3.63) is 29.8 Å². The standard InChI is InChI=1S/C9H13N5O/c1-13-5-8(4-10-13)2-3-14-6-9(7-15)11-12-14/h4-6,15H,2-3,7H2,1H3. The van der Waals surface area contributed by atoms with Crippen LogP contribution in [0.5, 0.6) is 0 Å². The normalized spacial score (nSPS) is 10.8. The van der Waals surface area contributed by atoms with E-state index in [-0.39, 0.29) is 6.61 Å². The minimum atomic E-state index is -0.0626. The van der Waals surface area contributed by atoms with E-state index in [0.717, 1.165) is 13.0 Å². The fourth-order valence-electron chi connectivity index (χ4n) is 1.36. The zero-order valence-corrected chi connectivity index (χ0v) is 8.54. The SMILES string of the molecule is Cn1cc(CCn2cc(CO)nn2)cn1. The lowest BCUT2D eigenvalue weighted by Crippen LogP contribution is -2.01. The quantitative estimate of drug-likeness (QED) is 0.750. The Morgan fingerprint density at radius 3 is 2.87 bits per heavy atom. The lowest BCUT2D eigenvalue weighted by molar-refractivity contribution is 0.276. The number of hydrogen-bond acceptors (Lipinski definition) is 4. The highest BCUT2D eigenvalue weighted by molar-refractivity contribution is 5.03. The zero-order chi connectivity index (χ0) is 10.7. The van der Waals surface area contributed by atoms with Gasteiger partial charge in [0.25, 0.3) is 0 Å². The number of aliphatic hydroxyl groups excluding tert-OH is 1. The maximum atomic E-state index is 8.81. The van der Waals surface area contributed by atoms with E-state index < -0.39 is 0 Å². The van der Waals surface area contributed by atoms with Crippen molar-refractivity contribution in [3.63, 3.8) is 0 Å². The van der Waals surface area contributed by atoms with Crippen molar-refractivity contribution >= 4 is 0 Å². The minimum Gasteiger partial charge on any atom is -0.390 e. The second-order valence-electron chi connectivity index (χ2n) is 3.40. The van der Waals surface area contributed by atoms with Crippen molar-refractivity contribution in [1.82, 2.24) is 24.8 Å². The summed E-state index contributed by atoms with van der Waals surface area (Å²) in [6.07, 6.45) is 6.42. The largest absolute Gasteiger partial charge is 0.390 e. The van der Waals surface area contributed by atoms with Crippen molar-refractivity contribution in [1.29, 1.82) is 0 Å². The van der Waals surface area contributed by atoms with E-state index >= 15 is 0 Å². The monoisotopic (exact) mass is 207 g/mol. The number of aryl methyl sites for hydroxylation is 3. The van der Waals surface area contributed by atoms with Crippen LogP contribution in [0.2, 0.25) is 0 Å². The van der Waals surface area contributed by atoms with E-state index in [1.54, 1.807) is 15.6 Å². The molecule has 1 N–H and O–H groups in total. The molecule has 6 heteroatoms. The van der Waals surface area contributed by atoms with Crippen LogP contribution in [0.4, 0.5) is 0 Å². The first-order valence-corrected chi connectivity index (χ1v) is 4.75. The van der Waals surface area contributed by atoms with E-state index in [2.05, 4.69) is 15.4 Å². The van der Waals surface area contributed by atoms with Gasteiger partial charge in [-0.05, 0) is 12.0 Å². The van der Waals surface area contributed by atoms with Crippen LogP contribution >= 0.6 is 0 Å². The van der Waals surface area contributed by atoms with E-state index in [9.17, 15) is 0 Å². The number of rotatable bonds is 4. The average molecular weight is 207 g/mol. The van der Waals surface area contributed by atoms with Gasteiger partial charge in [0.2, 0.25) is 0 Å². The molecule has 80 valence electrons. The molecular formula is C9H13N5O. The molecule has 6 nitrogen and oxygen atoms in total. The molecule has 15 heavy (non-hydrogen) atoms. The summed E-state index contributed by atoms with van der Waals surface area (Å²) in [6.45, 7) is 0.686. The van der Waals surface area contributed by atoms with E-state index in [4.69, 9.17) is 5.11 Å².